The second-order valence-electron chi connectivity index (χ2n) is 8.99. The predicted molar refractivity (Wildman–Crippen MR) is 136 cm³/mol. The number of imidazole rings is 1. The number of carbonyl (C=O) groups is 1. The lowest BCUT2D eigenvalue weighted by atomic mass is 9.83. The van der Waals surface area contributed by atoms with Crippen LogP contribution in [0.15, 0.2) is 66.9 Å². The maximum Gasteiger partial charge on any atom is 0.255 e. The molecule has 6 rings (SSSR count). The van der Waals surface area contributed by atoms with Crippen LogP contribution in [-0.4, -0.2) is 26.1 Å². The highest BCUT2D eigenvalue weighted by molar-refractivity contribution is 6.06. The van der Waals surface area contributed by atoms with E-state index < -0.39 is 0 Å². The van der Waals surface area contributed by atoms with Gasteiger partial charge in [-0.2, -0.15) is 5.10 Å². The van der Waals surface area contributed by atoms with Crippen molar-refractivity contribution in [1.82, 2.24) is 20.2 Å². The van der Waals surface area contributed by atoms with Gasteiger partial charge in [-0.15, -0.1) is 0 Å². The third-order valence-electron chi connectivity index (χ3n) is 6.70. The van der Waals surface area contributed by atoms with Crippen LogP contribution in [0.3, 0.4) is 0 Å². The lowest BCUT2D eigenvalue weighted by molar-refractivity contribution is 0.102. The van der Waals surface area contributed by atoms with Gasteiger partial charge < -0.3 is 15.6 Å². The van der Waals surface area contributed by atoms with Crippen LogP contribution in [0, 0.1) is 0 Å². The normalized spacial score (nSPS) is 14.5. The molecule has 2 aromatic heterocycles. The van der Waals surface area contributed by atoms with Crippen molar-refractivity contribution in [2.75, 3.05) is 10.6 Å². The molecule has 34 heavy (non-hydrogen) atoms. The molecule has 1 aliphatic rings. The third kappa shape index (κ3) is 4.01. The maximum atomic E-state index is 12.9. The Morgan fingerprint density at radius 3 is 2.74 bits per heavy atom. The van der Waals surface area contributed by atoms with Crippen molar-refractivity contribution in [3.05, 3.63) is 78.0 Å². The van der Waals surface area contributed by atoms with Gasteiger partial charge in [0.15, 0.2) is 0 Å². The summed E-state index contributed by atoms with van der Waals surface area (Å²) in [4.78, 5) is 20.9. The van der Waals surface area contributed by atoms with Crippen LogP contribution < -0.4 is 10.6 Å². The van der Waals surface area contributed by atoms with E-state index in [0.29, 0.717) is 23.1 Å². The molecule has 4 N–H and O–H groups in total. The molecular formula is C27H26N6O. The molecule has 7 heteroatoms. The number of carbonyl (C=O) groups excluding carboxylic acids is 1. The number of aromatic amines is 2. The predicted octanol–water partition coefficient (Wildman–Crippen LogP) is 6.48. The average Bonchev–Trinajstić information content (AvgIpc) is 3.50. The Labute approximate surface area is 197 Å². The van der Waals surface area contributed by atoms with Crippen molar-refractivity contribution < 1.29 is 4.79 Å². The fourth-order valence-corrected chi connectivity index (χ4v) is 4.94. The Hall–Kier alpha value is -4.13. The fourth-order valence-electron chi connectivity index (χ4n) is 4.94. The number of benzene rings is 3. The first-order valence-electron chi connectivity index (χ1n) is 11.8. The van der Waals surface area contributed by atoms with Crippen molar-refractivity contribution in [3.8, 4) is 0 Å². The Morgan fingerprint density at radius 1 is 0.941 bits per heavy atom. The number of aromatic nitrogens is 4. The summed E-state index contributed by atoms with van der Waals surface area (Å²) in [5.74, 6) is 1.10. The smallest absolute Gasteiger partial charge is 0.255 e. The molecule has 0 unspecified atom stereocenters. The summed E-state index contributed by atoms with van der Waals surface area (Å²) in [6, 6.07) is 19.7. The molecular weight excluding hydrogens is 424 g/mol. The van der Waals surface area contributed by atoms with Gasteiger partial charge in [0.05, 0.1) is 22.7 Å². The molecule has 2 heterocycles. The number of rotatable bonds is 5. The van der Waals surface area contributed by atoms with Crippen LogP contribution in [0.5, 0.6) is 0 Å². The molecule has 0 saturated heterocycles. The van der Waals surface area contributed by atoms with E-state index in [2.05, 4.69) is 50.1 Å². The Kier molecular flexibility index (Phi) is 5.22. The monoisotopic (exact) mass is 450 g/mol. The standard InChI is InChI=1S/C27H26N6O/c34-26(29-20-12-10-19-16-28-33-24(19)15-20)18-11-13-23-25(14-18)32-27(31-23)30-22-9-5-4-8-21(22)17-6-2-1-3-7-17/h4-5,8-17H,1-3,6-7H2,(H,28,33)(H,29,34)(H2,30,31,32). The van der Waals surface area contributed by atoms with E-state index in [0.717, 1.165) is 27.6 Å². The van der Waals surface area contributed by atoms with Gasteiger partial charge in [-0.25, -0.2) is 4.98 Å². The molecule has 1 aliphatic carbocycles. The Morgan fingerprint density at radius 2 is 1.82 bits per heavy atom. The fraction of sp³-hybridized carbons (Fsp3) is 0.222. The summed E-state index contributed by atoms with van der Waals surface area (Å²) in [5.41, 5.74) is 6.24. The van der Waals surface area contributed by atoms with Gasteiger partial charge in [0.1, 0.15) is 0 Å². The molecule has 5 aromatic rings. The summed E-state index contributed by atoms with van der Waals surface area (Å²) < 4.78 is 0. The Bertz CT molecular complexity index is 1480. The first-order chi connectivity index (χ1) is 16.7. The van der Waals surface area contributed by atoms with Gasteiger partial charge >= 0.3 is 0 Å². The zero-order valence-electron chi connectivity index (χ0n) is 18.8. The average molecular weight is 451 g/mol. The van der Waals surface area contributed by atoms with E-state index in [1.807, 2.05) is 30.3 Å². The summed E-state index contributed by atoms with van der Waals surface area (Å²) >= 11 is 0. The van der Waals surface area contributed by atoms with Gasteiger partial charge in [0, 0.05) is 22.3 Å². The highest BCUT2D eigenvalue weighted by Gasteiger charge is 2.19. The van der Waals surface area contributed by atoms with Crippen molar-refractivity contribution in [1.29, 1.82) is 0 Å². The Balaban J connectivity index is 1.22. The molecule has 0 aliphatic heterocycles. The van der Waals surface area contributed by atoms with Gasteiger partial charge in [-0.3, -0.25) is 9.89 Å². The first kappa shape index (κ1) is 20.5. The number of nitrogens with one attached hydrogen (secondary N) is 4. The van der Waals surface area contributed by atoms with Gasteiger partial charge in [-0.05, 0) is 66.8 Å². The summed E-state index contributed by atoms with van der Waals surface area (Å²) in [5, 5.41) is 14.4. The lowest BCUT2D eigenvalue weighted by Gasteiger charge is -2.24. The highest BCUT2D eigenvalue weighted by atomic mass is 16.1. The molecule has 0 radical (unpaired) electrons. The quantitative estimate of drug-likeness (QED) is 0.246. The third-order valence-corrected chi connectivity index (χ3v) is 6.70. The van der Waals surface area contributed by atoms with E-state index in [4.69, 9.17) is 4.98 Å². The molecule has 1 saturated carbocycles. The molecule has 1 amide bonds. The van der Waals surface area contributed by atoms with E-state index in [9.17, 15) is 4.79 Å². The number of anilines is 3. The number of hydrogen-bond donors (Lipinski definition) is 4. The number of H-pyrrole nitrogens is 2. The molecule has 7 nitrogen and oxygen atoms in total. The molecule has 0 spiro atoms. The maximum absolute atomic E-state index is 12.9. The minimum Gasteiger partial charge on any atom is -0.325 e. The number of nitrogens with zero attached hydrogens (tertiary/aromatic N) is 2. The number of hydrogen-bond acceptors (Lipinski definition) is 4. The minimum absolute atomic E-state index is 0.174. The van der Waals surface area contributed by atoms with Gasteiger partial charge in [-0.1, -0.05) is 37.5 Å². The van der Waals surface area contributed by atoms with Crippen molar-refractivity contribution in [3.63, 3.8) is 0 Å². The van der Waals surface area contributed by atoms with Gasteiger partial charge in [0.2, 0.25) is 5.95 Å². The van der Waals surface area contributed by atoms with Gasteiger partial charge in [0.25, 0.3) is 5.91 Å². The molecule has 170 valence electrons. The minimum atomic E-state index is -0.174. The van der Waals surface area contributed by atoms with E-state index in [1.165, 1.54) is 37.7 Å². The SMILES string of the molecule is O=C(Nc1ccc2cn[nH]c2c1)c1ccc2nc(Nc3ccccc3C3CCCCC3)[nH]c2c1. The first-order valence-corrected chi connectivity index (χ1v) is 11.8. The summed E-state index contributed by atoms with van der Waals surface area (Å²) in [7, 11) is 0. The molecule has 1 fully saturated rings. The van der Waals surface area contributed by atoms with E-state index >= 15 is 0 Å². The highest BCUT2D eigenvalue weighted by Crippen LogP contribution is 2.37. The summed E-state index contributed by atoms with van der Waals surface area (Å²) in [6.07, 6.45) is 8.17. The van der Waals surface area contributed by atoms with Crippen LogP contribution in [-0.2, 0) is 0 Å². The van der Waals surface area contributed by atoms with Crippen LogP contribution in [0.25, 0.3) is 21.9 Å². The molecule has 0 atom stereocenters. The lowest BCUT2D eigenvalue weighted by Crippen LogP contribution is -2.11. The van der Waals surface area contributed by atoms with Crippen LogP contribution in [0.4, 0.5) is 17.3 Å². The topological polar surface area (TPSA) is 98.5 Å². The second kappa shape index (κ2) is 8.67. The van der Waals surface area contributed by atoms with Crippen molar-refractivity contribution in [2.24, 2.45) is 0 Å². The van der Waals surface area contributed by atoms with Crippen LogP contribution in [0.1, 0.15) is 53.9 Å². The van der Waals surface area contributed by atoms with Crippen molar-refractivity contribution in [2.45, 2.75) is 38.0 Å². The second-order valence-corrected chi connectivity index (χ2v) is 8.99. The van der Waals surface area contributed by atoms with Crippen LogP contribution >= 0.6 is 0 Å². The van der Waals surface area contributed by atoms with Crippen molar-refractivity contribution >= 4 is 45.2 Å². The molecule has 0 bridgehead atoms. The molecule has 3 aromatic carbocycles. The zero-order valence-corrected chi connectivity index (χ0v) is 18.8. The van der Waals surface area contributed by atoms with E-state index in [1.54, 1.807) is 12.3 Å². The number of para-hydroxylation sites is 1. The number of fused-ring (bicyclic) bond motifs is 2. The number of amides is 1. The largest absolute Gasteiger partial charge is 0.325 e. The summed E-state index contributed by atoms with van der Waals surface area (Å²) in [6.45, 7) is 0. The van der Waals surface area contributed by atoms with Crippen LogP contribution in [0.2, 0.25) is 0 Å². The zero-order chi connectivity index (χ0) is 22.9. The van der Waals surface area contributed by atoms with E-state index in [-0.39, 0.29) is 5.91 Å².